The van der Waals surface area contributed by atoms with Crippen molar-refractivity contribution in [3.63, 3.8) is 0 Å². The lowest BCUT2D eigenvalue weighted by Crippen LogP contribution is -2.13. The summed E-state index contributed by atoms with van der Waals surface area (Å²) >= 11 is 0. The number of amides is 1. The molecule has 0 atom stereocenters. The quantitative estimate of drug-likeness (QED) is 0.733. The van der Waals surface area contributed by atoms with E-state index in [1.165, 1.54) is 11.1 Å². The predicted octanol–water partition coefficient (Wildman–Crippen LogP) is 4.69. The molecule has 4 heteroatoms. The first-order valence-corrected chi connectivity index (χ1v) is 7.78. The zero-order valence-corrected chi connectivity index (χ0v) is 13.7. The van der Waals surface area contributed by atoms with Crippen molar-refractivity contribution in [3.05, 3.63) is 83.7 Å². The van der Waals surface area contributed by atoms with Crippen LogP contribution < -0.4 is 10.6 Å². The average Bonchev–Trinajstić information content (AvgIpc) is 2.59. The molecule has 3 rings (SSSR count). The molecular weight excluding hydrogens is 298 g/mol. The third-order valence-electron chi connectivity index (χ3n) is 3.82. The highest BCUT2D eigenvalue weighted by atomic mass is 16.1. The van der Waals surface area contributed by atoms with Crippen LogP contribution in [0.1, 0.15) is 21.6 Å². The first-order valence-electron chi connectivity index (χ1n) is 7.78. The van der Waals surface area contributed by atoms with E-state index in [0.717, 1.165) is 17.1 Å². The van der Waals surface area contributed by atoms with Gasteiger partial charge in [-0.15, -0.1) is 0 Å². The highest BCUT2D eigenvalue weighted by molar-refractivity contribution is 6.03. The molecule has 0 bridgehead atoms. The Morgan fingerprint density at radius 3 is 2.33 bits per heavy atom. The maximum Gasteiger partial charge on any atom is 0.274 e. The van der Waals surface area contributed by atoms with Crippen molar-refractivity contribution in [3.8, 4) is 0 Å². The number of aryl methyl sites for hydroxylation is 2. The van der Waals surface area contributed by atoms with Gasteiger partial charge in [0, 0.05) is 23.3 Å². The number of para-hydroxylation sites is 1. The SMILES string of the molecule is Cc1ccc(Nc2ccnc(C(=O)Nc3ccccc3)c2)cc1C. The monoisotopic (exact) mass is 317 g/mol. The molecule has 1 heterocycles. The standard InChI is InChI=1S/C20H19N3O/c1-14-8-9-17(12-15(14)2)22-18-10-11-21-19(13-18)20(24)23-16-6-4-3-5-7-16/h3-13H,1-2H3,(H,21,22)(H,23,24). The van der Waals surface area contributed by atoms with E-state index in [-0.39, 0.29) is 5.91 Å². The number of hydrogen-bond acceptors (Lipinski definition) is 3. The molecule has 0 saturated carbocycles. The second-order valence-electron chi connectivity index (χ2n) is 5.67. The zero-order valence-electron chi connectivity index (χ0n) is 13.7. The van der Waals surface area contributed by atoms with Gasteiger partial charge in [0.1, 0.15) is 5.69 Å². The smallest absolute Gasteiger partial charge is 0.274 e. The Balaban J connectivity index is 1.76. The fourth-order valence-corrected chi connectivity index (χ4v) is 2.33. The topological polar surface area (TPSA) is 54.0 Å². The van der Waals surface area contributed by atoms with Gasteiger partial charge in [-0.25, -0.2) is 0 Å². The van der Waals surface area contributed by atoms with Crippen LogP contribution in [-0.2, 0) is 0 Å². The molecule has 1 amide bonds. The van der Waals surface area contributed by atoms with Crippen LogP contribution >= 0.6 is 0 Å². The highest BCUT2D eigenvalue weighted by Gasteiger charge is 2.08. The van der Waals surface area contributed by atoms with Crippen LogP contribution in [0.3, 0.4) is 0 Å². The minimum Gasteiger partial charge on any atom is -0.355 e. The summed E-state index contributed by atoms with van der Waals surface area (Å²) in [6, 6.07) is 19.1. The highest BCUT2D eigenvalue weighted by Crippen LogP contribution is 2.20. The Labute approximate surface area is 141 Å². The molecular formula is C20H19N3O. The number of hydrogen-bond donors (Lipinski definition) is 2. The molecule has 0 spiro atoms. The summed E-state index contributed by atoms with van der Waals surface area (Å²) in [7, 11) is 0. The van der Waals surface area contributed by atoms with Gasteiger partial charge in [0.15, 0.2) is 0 Å². The summed E-state index contributed by atoms with van der Waals surface area (Å²) in [4.78, 5) is 16.5. The van der Waals surface area contributed by atoms with Crippen LogP contribution in [0.5, 0.6) is 0 Å². The number of aromatic nitrogens is 1. The van der Waals surface area contributed by atoms with Gasteiger partial charge in [0.25, 0.3) is 5.91 Å². The van der Waals surface area contributed by atoms with Gasteiger partial charge in [0.05, 0.1) is 0 Å². The van der Waals surface area contributed by atoms with E-state index in [1.54, 1.807) is 12.3 Å². The lowest BCUT2D eigenvalue weighted by atomic mass is 10.1. The molecule has 0 aliphatic carbocycles. The van der Waals surface area contributed by atoms with Crippen molar-refractivity contribution in [1.29, 1.82) is 0 Å². The van der Waals surface area contributed by atoms with Gasteiger partial charge < -0.3 is 10.6 Å². The van der Waals surface area contributed by atoms with Gasteiger partial charge in [0.2, 0.25) is 0 Å². The number of benzene rings is 2. The Hall–Kier alpha value is -3.14. The first-order chi connectivity index (χ1) is 11.6. The summed E-state index contributed by atoms with van der Waals surface area (Å²) < 4.78 is 0. The van der Waals surface area contributed by atoms with Crippen molar-refractivity contribution < 1.29 is 4.79 Å². The van der Waals surface area contributed by atoms with Crippen LogP contribution in [-0.4, -0.2) is 10.9 Å². The van der Waals surface area contributed by atoms with Crippen molar-refractivity contribution >= 4 is 23.0 Å². The Kier molecular flexibility index (Phi) is 4.57. The molecule has 0 radical (unpaired) electrons. The van der Waals surface area contributed by atoms with E-state index in [4.69, 9.17) is 0 Å². The van der Waals surface area contributed by atoms with E-state index < -0.39 is 0 Å². The molecule has 3 aromatic rings. The Bertz CT molecular complexity index is 860. The molecule has 0 saturated heterocycles. The second kappa shape index (κ2) is 6.96. The Morgan fingerprint density at radius 1 is 0.833 bits per heavy atom. The van der Waals surface area contributed by atoms with Crippen molar-refractivity contribution in [2.24, 2.45) is 0 Å². The summed E-state index contributed by atoms with van der Waals surface area (Å²) in [6.07, 6.45) is 1.63. The van der Waals surface area contributed by atoms with Gasteiger partial charge in [-0.3, -0.25) is 9.78 Å². The molecule has 120 valence electrons. The van der Waals surface area contributed by atoms with Crippen LogP contribution in [0.4, 0.5) is 17.1 Å². The molecule has 0 unspecified atom stereocenters. The van der Waals surface area contributed by atoms with Gasteiger partial charge in [-0.1, -0.05) is 24.3 Å². The number of nitrogens with zero attached hydrogens (tertiary/aromatic N) is 1. The minimum atomic E-state index is -0.232. The molecule has 2 aromatic carbocycles. The summed E-state index contributed by atoms with van der Waals surface area (Å²) in [5.74, 6) is -0.232. The van der Waals surface area contributed by atoms with Crippen molar-refractivity contribution in [1.82, 2.24) is 4.98 Å². The van der Waals surface area contributed by atoms with E-state index in [2.05, 4.69) is 41.6 Å². The van der Waals surface area contributed by atoms with Crippen LogP contribution in [0.25, 0.3) is 0 Å². The fraction of sp³-hybridized carbons (Fsp3) is 0.100. The van der Waals surface area contributed by atoms with E-state index in [1.807, 2.05) is 42.5 Å². The molecule has 1 aromatic heterocycles. The van der Waals surface area contributed by atoms with E-state index >= 15 is 0 Å². The van der Waals surface area contributed by atoms with Crippen LogP contribution in [0.2, 0.25) is 0 Å². The molecule has 4 nitrogen and oxygen atoms in total. The molecule has 0 aliphatic heterocycles. The molecule has 0 aliphatic rings. The largest absolute Gasteiger partial charge is 0.355 e. The molecule has 24 heavy (non-hydrogen) atoms. The number of rotatable bonds is 4. The van der Waals surface area contributed by atoms with Gasteiger partial charge in [-0.05, 0) is 61.4 Å². The third kappa shape index (κ3) is 3.79. The van der Waals surface area contributed by atoms with Gasteiger partial charge >= 0.3 is 0 Å². The summed E-state index contributed by atoms with van der Waals surface area (Å²) in [5.41, 5.74) is 5.39. The van der Waals surface area contributed by atoms with E-state index in [9.17, 15) is 4.79 Å². The van der Waals surface area contributed by atoms with Crippen molar-refractivity contribution in [2.75, 3.05) is 10.6 Å². The number of nitrogens with one attached hydrogen (secondary N) is 2. The van der Waals surface area contributed by atoms with E-state index in [0.29, 0.717) is 5.69 Å². The fourth-order valence-electron chi connectivity index (χ4n) is 2.33. The predicted molar refractivity (Wildman–Crippen MR) is 97.8 cm³/mol. The minimum absolute atomic E-state index is 0.232. The number of carbonyl (C=O) groups is 1. The summed E-state index contributed by atoms with van der Waals surface area (Å²) in [5, 5.41) is 6.15. The van der Waals surface area contributed by atoms with Crippen LogP contribution in [0.15, 0.2) is 66.9 Å². The lowest BCUT2D eigenvalue weighted by molar-refractivity contribution is 0.102. The number of carbonyl (C=O) groups excluding carboxylic acids is 1. The lowest BCUT2D eigenvalue weighted by Gasteiger charge is -2.10. The molecule has 0 fully saturated rings. The van der Waals surface area contributed by atoms with Crippen molar-refractivity contribution in [2.45, 2.75) is 13.8 Å². The second-order valence-corrected chi connectivity index (χ2v) is 5.67. The molecule has 2 N–H and O–H groups in total. The first kappa shape index (κ1) is 15.7. The zero-order chi connectivity index (χ0) is 16.9. The summed E-state index contributed by atoms with van der Waals surface area (Å²) in [6.45, 7) is 4.16. The van der Waals surface area contributed by atoms with Crippen LogP contribution in [0, 0.1) is 13.8 Å². The maximum atomic E-state index is 12.3. The number of anilines is 3. The average molecular weight is 317 g/mol. The third-order valence-corrected chi connectivity index (χ3v) is 3.82. The normalized spacial score (nSPS) is 10.2. The Morgan fingerprint density at radius 2 is 1.58 bits per heavy atom. The van der Waals surface area contributed by atoms with Gasteiger partial charge in [-0.2, -0.15) is 0 Å². The number of pyridine rings is 1. The maximum absolute atomic E-state index is 12.3.